The van der Waals surface area contributed by atoms with E-state index in [4.69, 9.17) is 10.2 Å². The van der Waals surface area contributed by atoms with Crippen LogP contribution in [0, 0.1) is 11.8 Å². The van der Waals surface area contributed by atoms with Crippen LogP contribution in [0.25, 0.3) is 0 Å². The fourth-order valence-electron chi connectivity index (χ4n) is 4.97. The highest BCUT2D eigenvalue weighted by Crippen LogP contribution is 2.28. The smallest absolute Gasteiger partial charge is 0.322 e. The first kappa shape index (κ1) is 31.9. The zero-order chi connectivity index (χ0) is 26.4. The van der Waals surface area contributed by atoms with E-state index in [9.17, 15) is 19.2 Å². The minimum atomic E-state index is -1.03. The molecule has 0 unspecified atom stereocenters. The topological polar surface area (TPSA) is 133 Å². The third kappa shape index (κ3) is 18.2. The van der Waals surface area contributed by atoms with Crippen LogP contribution in [0.15, 0.2) is 0 Å². The molecule has 0 aliphatic heterocycles. The van der Waals surface area contributed by atoms with Crippen molar-refractivity contribution in [3.8, 4) is 0 Å². The summed E-state index contributed by atoms with van der Waals surface area (Å²) in [4.78, 5) is 45.1. The fourth-order valence-corrected chi connectivity index (χ4v) is 4.97. The van der Waals surface area contributed by atoms with E-state index in [1.807, 2.05) is 0 Å². The third-order valence-electron chi connectivity index (χ3n) is 7.26. The van der Waals surface area contributed by atoms with E-state index in [0.717, 1.165) is 57.8 Å². The number of aliphatic carboxylic acids is 2. The van der Waals surface area contributed by atoms with Crippen LogP contribution in [0.5, 0.6) is 0 Å². The summed E-state index contributed by atoms with van der Waals surface area (Å²) in [5.41, 5.74) is 0. The number of carbonyl (C=O) groups excluding carboxylic acids is 2. The van der Waals surface area contributed by atoms with Crippen molar-refractivity contribution in [2.45, 2.75) is 128 Å². The summed E-state index contributed by atoms with van der Waals surface area (Å²) < 4.78 is 0. The molecule has 0 aromatic heterocycles. The molecule has 1 aliphatic rings. The lowest BCUT2D eigenvalue weighted by molar-refractivity contribution is -0.139. The summed E-state index contributed by atoms with van der Waals surface area (Å²) in [7, 11) is 0. The lowest BCUT2D eigenvalue weighted by atomic mass is 9.81. The molecule has 8 heteroatoms. The molecule has 1 saturated carbocycles. The van der Waals surface area contributed by atoms with Gasteiger partial charge in [-0.2, -0.15) is 0 Å². The SMILES string of the molecule is O=C(O)CCCCCCCCCCCCCCCCC(=O)NCC1CCC(C(=O)NCC(=O)O)CC1. The zero-order valence-electron chi connectivity index (χ0n) is 22.2. The van der Waals surface area contributed by atoms with E-state index >= 15 is 0 Å². The van der Waals surface area contributed by atoms with Gasteiger partial charge in [-0.05, 0) is 44.4 Å². The molecule has 1 aliphatic carbocycles. The molecule has 0 aromatic rings. The average Bonchev–Trinajstić information content (AvgIpc) is 2.85. The highest BCUT2D eigenvalue weighted by atomic mass is 16.4. The van der Waals surface area contributed by atoms with Crippen LogP contribution in [-0.2, 0) is 19.2 Å². The Labute approximate surface area is 217 Å². The molecule has 8 nitrogen and oxygen atoms in total. The lowest BCUT2D eigenvalue weighted by Gasteiger charge is -2.27. The van der Waals surface area contributed by atoms with Crippen LogP contribution < -0.4 is 10.6 Å². The molecule has 4 N–H and O–H groups in total. The van der Waals surface area contributed by atoms with Crippen molar-refractivity contribution in [3.05, 3.63) is 0 Å². The van der Waals surface area contributed by atoms with Crippen LogP contribution in [0.3, 0.4) is 0 Å². The average molecular weight is 511 g/mol. The van der Waals surface area contributed by atoms with Gasteiger partial charge in [-0.1, -0.05) is 77.0 Å². The number of hydrogen-bond donors (Lipinski definition) is 4. The van der Waals surface area contributed by atoms with Crippen molar-refractivity contribution in [2.75, 3.05) is 13.1 Å². The molecule has 0 heterocycles. The Hall–Kier alpha value is -2.12. The maximum atomic E-state index is 12.1. The Morgan fingerprint density at radius 3 is 1.44 bits per heavy atom. The number of carboxylic acid groups (broad SMARTS) is 2. The van der Waals surface area contributed by atoms with Gasteiger partial charge in [0.05, 0.1) is 0 Å². The number of amides is 2. The van der Waals surface area contributed by atoms with Crippen molar-refractivity contribution < 1.29 is 29.4 Å². The van der Waals surface area contributed by atoms with Crippen molar-refractivity contribution in [2.24, 2.45) is 11.8 Å². The zero-order valence-corrected chi connectivity index (χ0v) is 22.2. The van der Waals surface area contributed by atoms with E-state index in [2.05, 4.69) is 10.6 Å². The molecule has 0 radical (unpaired) electrons. The summed E-state index contributed by atoms with van der Waals surface area (Å²) in [5.74, 6) is -1.46. The van der Waals surface area contributed by atoms with Crippen LogP contribution in [0.2, 0.25) is 0 Å². The van der Waals surface area contributed by atoms with Gasteiger partial charge in [0.2, 0.25) is 11.8 Å². The van der Waals surface area contributed by atoms with Gasteiger partial charge >= 0.3 is 11.9 Å². The quantitative estimate of drug-likeness (QED) is 0.143. The molecule has 0 spiro atoms. The van der Waals surface area contributed by atoms with Gasteiger partial charge in [0, 0.05) is 25.3 Å². The summed E-state index contributed by atoms with van der Waals surface area (Å²) in [6.45, 7) is 0.350. The summed E-state index contributed by atoms with van der Waals surface area (Å²) >= 11 is 0. The molecule has 0 saturated heterocycles. The number of hydrogen-bond acceptors (Lipinski definition) is 4. The molecular weight excluding hydrogens is 460 g/mol. The molecule has 0 aromatic carbocycles. The van der Waals surface area contributed by atoms with Gasteiger partial charge in [0.25, 0.3) is 0 Å². The van der Waals surface area contributed by atoms with Gasteiger partial charge < -0.3 is 20.8 Å². The Morgan fingerprint density at radius 1 is 0.556 bits per heavy atom. The minimum Gasteiger partial charge on any atom is -0.481 e. The predicted molar refractivity (Wildman–Crippen MR) is 141 cm³/mol. The molecular formula is C28H50N2O6. The normalized spacial score (nSPS) is 17.4. The van der Waals surface area contributed by atoms with Gasteiger partial charge in [0.15, 0.2) is 0 Å². The third-order valence-corrected chi connectivity index (χ3v) is 7.26. The van der Waals surface area contributed by atoms with E-state index in [-0.39, 0.29) is 24.3 Å². The van der Waals surface area contributed by atoms with Gasteiger partial charge in [0.1, 0.15) is 6.54 Å². The Bertz CT molecular complexity index is 632. The molecule has 208 valence electrons. The maximum absolute atomic E-state index is 12.1. The highest BCUT2D eigenvalue weighted by Gasteiger charge is 2.26. The summed E-state index contributed by atoms with van der Waals surface area (Å²) in [6, 6.07) is 0. The maximum Gasteiger partial charge on any atom is 0.322 e. The van der Waals surface area contributed by atoms with Crippen molar-refractivity contribution in [3.63, 3.8) is 0 Å². The molecule has 0 atom stereocenters. The molecule has 1 fully saturated rings. The molecule has 1 rings (SSSR count). The fraction of sp³-hybridized carbons (Fsp3) is 0.857. The standard InChI is InChI=1S/C28H50N2O6/c31-25(29-21-23-17-19-24(20-18-23)28(36)30-22-27(34)35)15-13-11-9-7-5-3-1-2-4-6-8-10-12-14-16-26(32)33/h23-24H,1-22H2,(H,29,31)(H,30,36)(H,32,33)(H,34,35). The van der Waals surface area contributed by atoms with Gasteiger partial charge in [-0.15, -0.1) is 0 Å². The second-order valence-corrected chi connectivity index (χ2v) is 10.5. The monoisotopic (exact) mass is 510 g/mol. The first-order valence-corrected chi connectivity index (χ1v) is 14.4. The summed E-state index contributed by atoms with van der Waals surface area (Å²) in [6.07, 6.45) is 20.6. The van der Waals surface area contributed by atoms with E-state index in [1.165, 1.54) is 57.8 Å². The van der Waals surface area contributed by atoms with Crippen LogP contribution >= 0.6 is 0 Å². The molecule has 2 amide bonds. The van der Waals surface area contributed by atoms with Crippen molar-refractivity contribution in [1.82, 2.24) is 10.6 Å². The second kappa shape index (κ2) is 21.0. The van der Waals surface area contributed by atoms with Gasteiger partial charge in [-0.3, -0.25) is 19.2 Å². The van der Waals surface area contributed by atoms with Crippen molar-refractivity contribution >= 4 is 23.8 Å². The Kier molecular flexibility index (Phi) is 18.6. The van der Waals surface area contributed by atoms with Crippen LogP contribution in [-0.4, -0.2) is 47.1 Å². The Balaban J connectivity index is 1.84. The minimum absolute atomic E-state index is 0.107. The Morgan fingerprint density at radius 2 is 1.00 bits per heavy atom. The first-order valence-electron chi connectivity index (χ1n) is 14.4. The van der Waals surface area contributed by atoms with E-state index in [1.54, 1.807) is 0 Å². The number of nitrogens with one attached hydrogen (secondary N) is 2. The second-order valence-electron chi connectivity index (χ2n) is 10.5. The number of carboxylic acids is 2. The summed E-state index contributed by atoms with van der Waals surface area (Å²) in [5, 5.41) is 22.8. The number of carbonyl (C=O) groups is 4. The highest BCUT2D eigenvalue weighted by molar-refractivity contribution is 5.82. The van der Waals surface area contributed by atoms with Crippen LogP contribution in [0.1, 0.15) is 128 Å². The lowest BCUT2D eigenvalue weighted by Crippen LogP contribution is -2.38. The first-order chi connectivity index (χ1) is 17.4. The van der Waals surface area contributed by atoms with Gasteiger partial charge in [-0.25, -0.2) is 0 Å². The molecule has 36 heavy (non-hydrogen) atoms. The van der Waals surface area contributed by atoms with E-state index < -0.39 is 11.9 Å². The number of unbranched alkanes of at least 4 members (excludes halogenated alkanes) is 13. The van der Waals surface area contributed by atoms with E-state index in [0.29, 0.717) is 25.3 Å². The number of rotatable bonds is 22. The van der Waals surface area contributed by atoms with Crippen LogP contribution in [0.4, 0.5) is 0 Å². The predicted octanol–water partition coefficient (Wildman–Crippen LogP) is 5.44. The molecule has 0 bridgehead atoms. The van der Waals surface area contributed by atoms with Crippen molar-refractivity contribution in [1.29, 1.82) is 0 Å². The largest absolute Gasteiger partial charge is 0.481 e.